The molecule has 236 valence electrons. The van der Waals surface area contributed by atoms with Crippen LogP contribution in [-0.4, -0.2) is 20.6 Å². The van der Waals surface area contributed by atoms with E-state index < -0.39 is 0 Å². The van der Waals surface area contributed by atoms with Gasteiger partial charge in [-0.15, -0.1) is 0 Å². The molecule has 50 heavy (non-hydrogen) atoms. The van der Waals surface area contributed by atoms with Gasteiger partial charge in [-0.3, -0.25) is 4.57 Å². The van der Waals surface area contributed by atoms with Gasteiger partial charge in [-0.25, -0.2) is 9.97 Å². The Bertz CT molecular complexity index is 2540. The number of nitrogens with zero attached hydrogens (tertiary/aromatic N) is 4. The van der Waals surface area contributed by atoms with E-state index in [-0.39, 0.29) is 12.0 Å². The van der Waals surface area contributed by atoms with Crippen LogP contribution in [0.15, 0.2) is 182 Å². The molecule has 0 radical (unpaired) electrons. The summed E-state index contributed by atoms with van der Waals surface area (Å²) in [5.41, 5.74) is 12.4. The highest BCUT2D eigenvalue weighted by molar-refractivity contribution is 6.10. The third kappa shape index (κ3) is 4.61. The number of anilines is 2. The molecule has 6 aromatic carbocycles. The monoisotopic (exact) mass is 640 g/mol. The third-order valence-corrected chi connectivity index (χ3v) is 10.1. The zero-order chi connectivity index (χ0) is 33.0. The van der Waals surface area contributed by atoms with E-state index in [1.807, 2.05) is 12.1 Å². The second-order valence-corrected chi connectivity index (χ2v) is 13.0. The number of rotatable bonds is 5. The summed E-state index contributed by atoms with van der Waals surface area (Å²) < 4.78 is 2.22. The van der Waals surface area contributed by atoms with Gasteiger partial charge in [0, 0.05) is 39.2 Å². The highest BCUT2D eigenvalue weighted by Crippen LogP contribution is 2.49. The molecule has 0 fully saturated rings. The van der Waals surface area contributed by atoms with Gasteiger partial charge in [0.2, 0.25) is 5.95 Å². The Labute approximate surface area is 290 Å². The van der Waals surface area contributed by atoms with E-state index in [0.29, 0.717) is 5.95 Å². The molecule has 10 rings (SSSR count). The molecule has 0 spiro atoms. The van der Waals surface area contributed by atoms with E-state index in [4.69, 9.17) is 9.97 Å². The Morgan fingerprint density at radius 1 is 0.500 bits per heavy atom. The molecule has 2 aliphatic rings. The Morgan fingerprint density at radius 3 is 1.86 bits per heavy atom. The topological polar surface area (TPSA) is 34.0 Å². The summed E-state index contributed by atoms with van der Waals surface area (Å²) in [7, 11) is 0. The van der Waals surface area contributed by atoms with Gasteiger partial charge in [0.05, 0.1) is 28.5 Å². The van der Waals surface area contributed by atoms with Crippen molar-refractivity contribution >= 4 is 38.8 Å². The van der Waals surface area contributed by atoms with Crippen molar-refractivity contribution in [3.63, 3.8) is 0 Å². The number of para-hydroxylation sites is 3. The molecule has 0 amide bonds. The minimum atomic E-state index is 0.233. The van der Waals surface area contributed by atoms with Gasteiger partial charge >= 0.3 is 0 Å². The zero-order valence-corrected chi connectivity index (χ0v) is 27.3. The van der Waals surface area contributed by atoms with Gasteiger partial charge in [0.1, 0.15) is 0 Å². The minimum absolute atomic E-state index is 0.233. The molecule has 0 saturated carbocycles. The number of hydrogen-bond donors (Lipinski definition) is 0. The van der Waals surface area contributed by atoms with Crippen molar-refractivity contribution in [1.82, 2.24) is 14.5 Å². The summed E-state index contributed by atoms with van der Waals surface area (Å²) >= 11 is 0. The quantitative estimate of drug-likeness (QED) is 0.188. The van der Waals surface area contributed by atoms with E-state index in [9.17, 15) is 0 Å². The second kappa shape index (κ2) is 11.6. The molecular weight excluding hydrogens is 609 g/mol. The predicted molar refractivity (Wildman–Crippen MR) is 206 cm³/mol. The summed E-state index contributed by atoms with van der Waals surface area (Å²) in [6.07, 6.45) is 7.15. The first-order valence-electron chi connectivity index (χ1n) is 17.2. The lowest BCUT2D eigenvalue weighted by Crippen LogP contribution is -2.28. The molecule has 0 bridgehead atoms. The van der Waals surface area contributed by atoms with Crippen molar-refractivity contribution in [3.8, 4) is 28.5 Å². The van der Waals surface area contributed by atoms with Crippen LogP contribution in [0.1, 0.15) is 17.0 Å². The standard InChI is InChI=1S/C46H32N4/c1-4-14-31(15-5-1)40-30-41(32-16-6-2-7-17-32)48-46(47-40)50-43-23-13-11-21-37(43)39-29-34(25-27-45(39)50)33-24-26-44-38(28-33)36-20-10-12-22-42(36)49(44)35-18-8-3-9-19-35/h1-30,38,44H. The van der Waals surface area contributed by atoms with Crippen LogP contribution in [-0.2, 0) is 0 Å². The van der Waals surface area contributed by atoms with Crippen molar-refractivity contribution in [3.05, 3.63) is 193 Å². The maximum Gasteiger partial charge on any atom is 0.235 e. The van der Waals surface area contributed by atoms with Crippen molar-refractivity contribution in [1.29, 1.82) is 0 Å². The normalized spacial score (nSPS) is 16.4. The molecule has 2 atom stereocenters. The lowest BCUT2D eigenvalue weighted by atomic mass is 9.86. The lowest BCUT2D eigenvalue weighted by molar-refractivity contribution is 0.747. The second-order valence-electron chi connectivity index (χ2n) is 13.0. The van der Waals surface area contributed by atoms with Crippen LogP contribution in [0.3, 0.4) is 0 Å². The van der Waals surface area contributed by atoms with E-state index in [1.54, 1.807) is 0 Å². The Hall–Kier alpha value is -6.52. The smallest absolute Gasteiger partial charge is 0.235 e. The molecule has 1 aliphatic carbocycles. The molecule has 2 unspecified atom stereocenters. The average Bonchev–Trinajstić information content (AvgIpc) is 3.71. The largest absolute Gasteiger partial charge is 0.333 e. The molecule has 4 nitrogen and oxygen atoms in total. The number of fused-ring (bicyclic) bond motifs is 6. The van der Waals surface area contributed by atoms with E-state index in [2.05, 4.69) is 179 Å². The zero-order valence-electron chi connectivity index (χ0n) is 27.3. The maximum absolute atomic E-state index is 5.20. The molecule has 4 heteroatoms. The van der Waals surface area contributed by atoms with Crippen LogP contribution in [0.2, 0.25) is 0 Å². The first-order chi connectivity index (χ1) is 24.8. The minimum Gasteiger partial charge on any atom is -0.333 e. The van der Waals surface area contributed by atoms with Gasteiger partial charge in [-0.1, -0.05) is 140 Å². The molecule has 2 aromatic heterocycles. The molecule has 0 saturated heterocycles. The van der Waals surface area contributed by atoms with Crippen LogP contribution in [0, 0.1) is 0 Å². The van der Waals surface area contributed by atoms with Gasteiger partial charge in [0.25, 0.3) is 0 Å². The number of hydrogen-bond acceptors (Lipinski definition) is 3. The number of aromatic nitrogens is 3. The highest BCUT2D eigenvalue weighted by Gasteiger charge is 2.38. The van der Waals surface area contributed by atoms with Crippen molar-refractivity contribution in [2.75, 3.05) is 4.90 Å². The number of allylic oxidation sites excluding steroid dienone is 2. The first kappa shape index (κ1) is 28.5. The summed E-state index contributed by atoms with van der Waals surface area (Å²) in [6, 6.07) is 58.1. The summed E-state index contributed by atoms with van der Waals surface area (Å²) in [5.74, 6) is 0.918. The van der Waals surface area contributed by atoms with Gasteiger partial charge in [0.15, 0.2) is 0 Å². The van der Waals surface area contributed by atoms with Gasteiger partial charge < -0.3 is 4.90 Å². The Kier molecular flexibility index (Phi) is 6.59. The fraction of sp³-hybridized carbons (Fsp3) is 0.0435. The van der Waals surface area contributed by atoms with E-state index in [1.165, 1.54) is 38.8 Å². The van der Waals surface area contributed by atoms with E-state index >= 15 is 0 Å². The van der Waals surface area contributed by atoms with Crippen LogP contribution in [0.5, 0.6) is 0 Å². The lowest BCUT2D eigenvalue weighted by Gasteiger charge is -2.29. The predicted octanol–water partition coefficient (Wildman–Crippen LogP) is 11.2. The molecule has 0 N–H and O–H groups in total. The van der Waals surface area contributed by atoms with Crippen molar-refractivity contribution in [2.24, 2.45) is 0 Å². The molecule has 3 heterocycles. The fourth-order valence-corrected chi connectivity index (χ4v) is 7.85. The van der Waals surface area contributed by atoms with E-state index in [0.717, 1.165) is 33.5 Å². The van der Waals surface area contributed by atoms with Gasteiger partial charge in [-0.05, 0) is 59.2 Å². The van der Waals surface area contributed by atoms with Crippen LogP contribution in [0.4, 0.5) is 11.4 Å². The van der Waals surface area contributed by atoms with Gasteiger partial charge in [-0.2, -0.15) is 0 Å². The molecule has 8 aromatic rings. The van der Waals surface area contributed by atoms with Crippen LogP contribution < -0.4 is 4.90 Å². The number of benzene rings is 6. The van der Waals surface area contributed by atoms with Crippen LogP contribution >= 0.6 is 0 Å². The summed E-state index contributed by atoms with van der Waals surface area (Å²) in [4.78, 5) is 12.9. The van der Waals surface area contributed by atoms with Crippen molar-refractivity contribution < 1.29 is 0 Å². The first-order valence-corrected chi connectivity index (χ1v) is 17.2. The Balaban J connectivity index is 1.11. The summed E-state index contributed by atoms with van der Waals surface area (Å²) in [5, 5.41) is 2.36. The third-order valence-electron chi connectivity index (χ3n) is 10.1. The maximum atomic E-state index is 5.20. The van der Waals surface area contributed by atoms with Crippen molar-refractivity contribution in [2.45, 2.75) is 12.0 Å². The average molecular weight is 641 g/mol. The summed E-state index contributed by atoms with van der Waals surface area (Å²) in [6.45, 7) is 0. The SMILES string of the molecule is C1=CC2C(C=C1c1ccc3c(c1)c1ccccc1n3-c1nc(-c3ccccc3)cc(-c3ccccc3)n1)c1ccccc1N2c1ccccc1. The van der Waals surface area contributed by atoms with Crippen LogP contribution in [0.25, 0.3) is 55.8 Å². The Morgan fingerprint density at radius 2 is 1.12 bits per heavy atom. The molecule has 1 aliphatic heterocycles. The fourth-order valence-electron chi connectivity index (χ4n) is 7.85. The highest BCUT2D eigenvalue weighted by atomic mass is 15.2. The molecular formula is C46H32N4.